The lowest BCUT2D eigenvalue weighted by atomic mass is 9.96. The highest BCUT2D eigenvalue weighted by atomic mass is 35.5. The fourth-order valence-corrected chi connectivity index (χ4v) is 3.13. The van der Waals surface area contributed by atoms with Gasteiger partial charge in [-0.2, -0.15) is 9.49 Å². The molecule has 0 radical (unpaired) electrons. The van der Waals surface area contributed by atoms with Gasteiger partial charge in [0.1, 0.15) is 17.1 Å². The van der Waals surface area contributed by atoms with Crippen LogP contribution in [0.2, 0.25) is 0 Å². The van der Waals surface area contributed by atoms with Gasteiger partial charge in [0.05, 0.1) is 0 Å². The molecule has 0 N–H and O–H groups in total. The van der Waals surface area contributed by atoms with E-state index >= 15 is 0 Å². The van der Waals surface area contributed by atoms with Gasteiger partial charge in [0.15, 0.2) is 0 Å². The number of hydrogen-bond donors (Lipinski definition) is 0. The molecule has 1 aromatic carbocycles. The van der Waals surface area contributed by atoms with Crippen LogP contribution < -0.4 is 0 Å². The van der Waals surface area contributed by atoms with E-state index in [1.54, 1.807) is 6.07 Å². The van der Waals surface area contributed by atoms with Crippen molar-refractivity contribution < 1.29 is 22.4 Å². The maximum Gasteiger partial charge on any atom is 0.283 e. The molecular weight excluding hydrogens is 398 g/mol. The molecule has 0 fully saturated rings. The van der Waals surface area contributed by atoms with Gasteiger partial charge in [-0.05, 0) is 35.6 Å². The molecule has 0 spiro atoms. The van der Waals surface area contributed by atoms with Gasteiger partial charge in [0.2, 0.25) is 5.95 Å². The molecule has 9 heteroatoms. The van der Waals surface area contributed by atoms with Gasteiger partial charge in [-0.1, -0.05) is 19.9 Å². The van der Waals surface area contributed by atoms with Crippen LogP contribution in [-0.2, 0) is 13.6 Å². The van der Waals surface area contributed by atoms with E-state index in [9.17, 15) is 22.4 Å². The molecule has 4 nitrogen and oxygen atoms in total. The number of halogens is 5. The molecular formula is C19H22ClF4N3O. The Morgan fingerprint density at radius 1 is 1.29 bits per heavy atom. The van der Waals surface area contributed by atoms with Crippen LogP contribution in [0.4, 0.5) is 17.6 Å². The maximum atomic E-state index is 14.4. The number of aromatic nitrogens is 2. The Kier molecular flexibility index (Phi) is 7.46. The largest absolute Gasteiger partial charge is 0.334 e. The lowest BCUT2D eigenvalue weighted by Crippen LogP contribution is -2.33. The van der Waals surface area contributed by atoms with Gasteiger partial charge in [0, 0.05) is 26.0 Å². The van der Waals surface area contributed by atoms with Crippen LogP contribution in [0.3, 0.4) is 0 Å². The highest BCUT2D eigenvalue weighted by molar-refractivity contribution is 6.17. The van der Waals surface area contributed by atoms with E-state index in [4.69, 9.17) is 11.6 Å². The van der Waals surface area contributed by atoms with Gasteiger partial charge in [-0.15, -0.1) is 11.6 Å². The molecule has 0 unspecified atom stereocenters. The Hall–Kier alpha value is -2.09. The molecule has 0 aliphatic rings. The average molecular weight is 420 g/mol. The first-order valence-electron chi connectivity index (χ1n) is 8.81. The zero-order valence-electron chi connectivity index (χ0n) is 15.9. The Labute approximate surface area is 166 Å². The molecule has 0 atom stereocenters. The summed E-state index contributed by atoms with van der Waals surface area (Å²) in [5, 5.41) is 3.42. The summed E-state index contributed by atoms with van der Waals surface area (Å²) in [5.41, 5.74) is -0.342. The lowest BCUT2D eigenvalue weighted by Gasteiger charge is -2.25. The Morgan fingerprint density at radius 2 is 1.96 bits per heavy atom. The molecule has 1 aromatic heterocycles. The van der Waals surface area contributed by atoms with Crippen LogP contribution in [0.15, 0.2) is 18.2 Å². The van der Waals surface area contributed by atoms with Crippen molar-refractivity contribution in [3.05, 3.63) is 52.3 Å². The average Bonchev–Trinajstić information content (AvgIpc) is 2.93. The van der Waals surface area contributed by atoms with Crippen molar-refractivity contribution in [3.63, 3.8) is 0 Å². The topological polar surface area (TPSA) is 38.1 Å². The summed E-state index contributed by atoms with van der Waals surface area (Å²) < 4.78 is 55.3. The smallest absolute Gasteiger partial charge is 0.283 e. The quantitative estimate of drug-likeness (QED) is 0.444. The molecule has 1 heterocycles. The summed E-state index contributed by atoms with van der Waals surface area (Å²) in [6, 6.07) is 4.23. The Morgan fingerprint density at radius 3 is 2.54 bits per heavy atom. The third-order valence-electron chi connectivity index (χ3n) is 4.36. The summed E-state index contributed by atoms with van der Waals surface area (Å²) in [6.45, 7) is 3.88. The van der Waals surface area contributed by atoms with E-state index in [-0.39, 0.29) is 24.9 Å². The van der Waals surface area contributed by atoms with E-state index in [1.165, 1.54) is 17.0 Å². The van der Waals surface area contributed by atoms with Crippen molar-refractivity contribution in [2.24, 2.45) is 7.05 Å². The second-order valence-electron chi connectivity index (χ2n) is 6.74. The van der Waals surface area contributed by atoms with Crippen LogP contribution >= 0.6 is 11.6 Å². The predicted molar refractivity (Wildman–Crippen MR) is 98.7 cm³/mol. The highest BCUT2D eigenvalue weighted by Gasteiger charge is 2.31. The van der Waals surface area contributed by atoms with Crippen molar-refractivity contribution in [2.45, 2.75) is 39.2 Å². The summed E-state index contributed by atoms with van der Waals surface area (Å²) in [7, 11) is 1.14. The number of benzene rings is 1. The molecule has 28 heavy (non-hydrogen) atoms. The second kappa shape index (κ2) is 9.41. The molecule has 154 valence electrons. The monoisotopic (exact) mass is 419 g/mol. The van der Waals surface area contributed by atoms with Crippen molar-refractivity contribution in [1.82, 2.24) is 14.7 Å². The minimum Gasteiger partial charge on any atom is -0.334 e. The molecule has 2 aromatic rings. The lowest BCUT2D eigenvalue weighted by molar-refractivity contribution is 0.0725. The third kappa shape index (κ3) is 4.84. The molecule has 0 bridgehead atoms. The zero-order chi connectivity index (χ0) is 21.0. The van der Waals surface area contributed by atoms with Crippen molar-refractivity contribution in [2.75, 3.05) is 12.4 Å². The number of amides is 1. The van der Waals surface area contributed by atoms with Gasteiger partial charge in [-0.3, -0.25) is 4.79 Å². The Bertz CT molecular complexity index is 839. The van der Waals surface area contributed by atoms with Crippen LogP contribution in [0, 0.1) is 11.8 Å². The molecule has 1 amide bonds. The molecule has 0 saturated carbocycles. The number of aryl methyl sites for hydroxylation is 1. The molecule has 2 rings (SSSR count). The van der Waals surface area contributed by atoms with E-state index in [0.29, 0.717) is 16.7 Å². The SMILES string of the molecule is CC(C)c1ccc(F)cc1CN(CCCCl)C(=O)c1c(C(F)F)nn(C)c1F. The highest BCUT2D eigenvalue weighted by Crippen LogP contribution is 2.27. The number of carbonyl (C=O) groups excluding carboxylic acids is 1. The molecule has 0 saturated heterocycles. The van der Waals surface area contributed by atoms with E-state index < -0.39 is 35.4 Å². The first kappa shape index (κ1) is 22.2. The summed E-state index contributed by atoms with van der Waals surface area (Å²) in [4.78, 5) is 14.1. The van der Waals surface area contributed by atoms with Crippen LogP contribution in [0.5, 0.6) is 0 Å². The number of carbonyl (C=O) groups is 1. The fraction of sp³-hybridized carbons (Fsp3) is 0.474. The fourth-order valence-electron chi connectivity index (χ4n) is 3.01. The van der Waals surface area contributed by atoms with Crippen LogP contribution in [-0.4, -0.2) is 33.0 Å². The molecule has 0 aliphatic heterocycles. The predicted octanol–water partition coefficient (Wildman–Crippen LogP) is 5.03. The summed E-state index contributed by atoms with van der Waals surface area (Å²) in [6.07, 6.45) is -2.74. The normalized spacial score (nSPS) is 11.5. The standard InChI is InChI=1S/C19H22ClF4N3O/c1-11(2)14-6-5-13(21)9-12(14)10-27(8-4-7-20)19(28)15-16(17(22)23)25-26(3)18(15)24/h5-6,9,11,17H,4,7-8,10H2,1-3H3. The van der Waals surface area contributed by atoms with Gasteiger partial charge in [-0.25, -0.2) is 17.9 Å². The van der Waals surface area contributed by atoms with Crippen molar-refractivity contribution >= 4 is 17.5 Å². The van der Waals surface area contributed by atoms with Crippen molar-refractivity contribution in [1.29, 1.82) is 0 Å². The van der Waals surface area contributed by atoms with E-state index in [0.717, 1.165) is 12.6 Å². The number of hydrogen-bond acceptors (Lipinski definition) is 2. The minimum atomic E-state index is -3.11. The zero-order valence-corrected chi connectivity index (χ0v) is 16.6. The number of alkyl halides is 3. The third-order valence-corrected chi connectivity index (χ3v) is 4.63. The van der Waals surface area contributed by atoms with Gasteiger partial charge >= 0.3 is 0 Å². The maximum absolute atomic E-state index is 14.4. The number of rotatable bonds is 8. The van der Waals surface area contributed by atoms with Crippen LogP contribution in [0.1, 0.15) is 59.8 Å². The number of nitrogens with zero attached hydrogens (tertiary/aromatic N) is 3. The van der Waals surface area contributed by atoms with E-state index in [1.807, 2.05) is 13.8 Å². The molecule has 0 aliphatic carbocycles. The van der Waals surface area contributed by atoms with E-state index in [2.05, 4.69) is 5.10 Å². The summed E-state index contributed by atoms with van der Waals surface area (Å²) in [5.74, 6) is -2.27. The summed E-state index contributed by atoms with van der Waals surface area (Å²) >= 11 is 5.71. The van der Waals surface area contributed by atoms with Gasteiger partial charge < -0.3 is 4.90 Å². The first-order valence-corrected chi connectivity index (χ1v) is 9.34. The Balaban J connectivity index is 2.46. The second-order valence-corrected chi connectivity index (χ2v) is 7.12. The minimum absolute atomic E-state index is 0.0485. The van der Waals surface area contributed by atoms with Crippen LogP contribution in [0.25, 0.3) is 0 Å². The first-order chi connectivity index (χ1) is 13.2. The van der Waals surface area contributed by atoms with Gasteiger partial charge in [0.25, 0.3) is 12.3 Å². The van der Waals surface area contributed by atoms with Crippen molar-refractivity contribution in [3.8, 4) is 0 Å².